The van der Waals surface area contributed by atoms with Gasteiger partial charge in [0.15, 0.2) is 0 Å². The van der Waals surface area contributed by atoms with Gasteiger partial charge >= 0.3 is 0 Å². The number of aliphatic hydroxyl groups excluding tert-OH is 1. The number of piperidine rings is 1. The Labute approximate surface area is 130 Å². The van der Waals surface area contributed by atoms with Crippen molar-refractivity contribution in [1.82, 2.24) is 4.90 Å². The maximum Gasteiger partial charge on any atom is 0.253 e. The first-order valence-electron chi connectivity index (χ1n) is 7.34. The third-order valence-electron chi connectivity index (χ3n) is 3.66. The number of rotatable bonds is 6. The predicted molar refractivity (Wildman–Crippen MR) is 85.6 cm³/mol. The van der Waals surface area contributed by atoms with Crippen molar-refractivity contribution in [2.45, 2.75) is 24.7 Å². The summed E-state index contributed by atoms with van der Waals surface area (Å²) in [6.45, 7) is 1.89. The Hall–Kier alpha value is -1.04. The molecule has 21 heavy (non-hydrogen) atoms. The lowest BCUT2D eigenvalue weighted by molar-refractivity contribution is -0.00554. The van der Waals surface area contributed by atoms with Crippen LogP contribution in [0.1, 0.15) is 28.8 Å². The lowest BCUT2D eigenvalue weighted by Gasteiger charge is -2.32. The molecule has 1 heterocycles. The van der Waals surface area contributed by atoms with E-state index in [0.29, 0.717) is 6.61 Å². The van der Waals surface area contributed by atoms with Crippen LogP contribution >= 0.6 is 11.8 Å². The Kier molecular flexibility index (Phi) is 6.54. The molecule has 1 fully saturated rings. The van der Waals surface area contributed by atoms with Crippen LogP contribution < -0.4 is 0 Å². The zero-order valence-corrected chi connectivity index (χ0v) is 13.3. The standard InChI is InChI=1S/C16H23NO3S/c1-21-12-13-3-2-4-14(11-13)16(19)17-7-5-15(6-8-17)20-10-9-18/h2-4,11,15,18H,5-10,12H2,1H3. The van der Waals surface area contributed by atoms with Crippen molar-refractivity contribution in [3.8, 4) is 0 Å². The summed E-state index contributed by atoms with van der Waals surface area (Å²) in [5.41, 5.74) is 1.96. The second kappa shape index (κ2) is 8.41. The van der Waals surface area contributed by atoms with Crippen LogP contribution in [0.4, 0.5) is 0 Å². The van der Waals surface area contributed by atoms with E-state index in [0.717, 1.165) is 37.2 Å². The molecule has 0 bridgehead atoms. The lowest BCUT2D eigenvalue weighted by atomic mass is 10.1. The molecule has 0 radical (unpaired) electrons. The van der Waals surface area contributed by atoms with Gasteiger partial charge in [-0.25, -0.2) is 0 Å². The predicted octanol–water partition coefficient (Wildman–Crippen LogP) is 2.16. The topological polar surface area (TPSA) is 49.8 Å². The molecule has 0 aliphatic carbocycles. The average molecular weight is 309 g/mol. The highest BCUT2D eigenvalue weighted by atomic mass is 32.2. The Morgan fingerprint density at radius 3 is 2.86 bits per heavy atom. The van der Waals surface area contributed by atoms with Gasteiger partial charge in [-0.2, -0.15) is 11.8 Å². The third-order valence-corrected chi connectivity index (χ3v) is 4.28. The first-order valence-corrected chi connectivity index (χ1v) is 8.73. The molecule has 1 aromatic rings. The molecule has 1 aliphatic heterocycles. The minimum absolute atomic E-state index is 0.0569. The van der Waals surface area contributed by atoms with Crippen molar-refractivity contribution < 1.29 is 14.6 Å². The zero-order valence-electron chi connectivity index (χ0n) is 12.5. The summed E-state index contributed by atoms with van der Waals surface area (Å²) < 4.78 is 5.53. The van der Waals surface area contributed by atoms with Gasteiger partial charge in [-0.3, -0.25) is 4.79 Å². The largest absolute Gasteiger partial charge is 0.394 e. The van der Waals surface area contributed by atoms with Crippen LogP contribution in [0.25, 0.3) is 0 Å². The highest BCUT2D eigenvalue weighted by Crippen LogP contribution is 2.18. The van der Waals surface area contributed by atoms with Crippen molar-refractivity contribution in [1.29, 1.82) is 0 Å². The van der Waals surface area contributed by atoms with Crippen molar-refractivity contribution in [3.63, 3.8) is 0 Å². The highest BCUT2D eigenvalue weighted by molar-refractivity contribution is 7.97. The van der Waals surface area contributed by atoms with E-state index in [1.54, 1.807) is 11.8 Å². The molecule has 1 aromatic carbocycles. The summed E-state index contributed by atoms with van der Waals surface area (Å²) >= 11 is 1.76. The van der Waals surface area contributed by atoms with Gasteiger partial charge in [0.05, 0.1) is 19.3 Å². The molecule has 2 rings (SSSR count). The normalized spacial score (nSPS) is 16.2. The molecule has 5 heteroatoms. The third kappa shape index (κ3) is 4.73. The van der Waals surface area contributed by atoms with E-state index in [9.17, 15) is 4.79 Å². The summed E-state index contributed by atoms with van der Waals surface area (Å²) in [5, 5.41) is 8.76. The van der Waals surface area contributed by atoms with Gasteiger partial charge < -0.3 is 14.7 Å². The van der Waals surface area contributed by atoms with Gasteiger partial charge in [-0.15, -0.1) is 0 Å². The number of aliphatic hydroxyl groups is 1. The first-order chi connectivity index (χ1) is 10.2. The molecule has 0 saturated carbocycles. The van der Waals surface area contributed by atoms with E-state index in [4.69, 9.17) is 9.84 Å². The maximum atomic E-state index is 12.5. The fraction of sp³-hybridized carbons (Fsp3) is 0.562. The van der Waals surface area contributed by atoms with Gasteiger partial charge in [0.2, 0.25) is 0 Å². The van der Waals surface area contributed by atoms with Gasteiger partial charge in [0.25, 0.3) is 5.91 Å². The molecular weight excluding hydrogens is 286 g/mol. The Morgan fingerprint density at radius 1 is 1.43 bits per heavy atom. The quantitative estimate of drug-likeness (QED) is 0.875. The molecule has 1 amide bonds. The van der Waals surface area contributed by atoms with Crippen LogP contribution in [0.5, 0.6) is 0 Å². The van der Waals surface area contributed by atoms with E-state index in [1.165, 1.54) is 5.56 Å². The summed E-state index contributed by atoms with van der Waals surface area (Å²) in [7, 11) is 0. The van der Waals surface area contributed by atoms with Crippen LogP contribution in [0.3, 0.4) is 0 Å². The van der Waals surface area contributed by atoms with Gasteiger partial charge in [0, 0.05) is 24.4 Å². The Balaban J connectivity index is 1.91. The monoisotopic (exact) mass is 309 g/mol. The number of ether oxygens (including phenoxy) is 1. The number of hydrogen-bond acceptors (Lipinski definition) is 4. The second-order valence-corrected chi connectivity index (χ2v) is 6.09. The van der Waals surface area contributed by atoms with Crippen LogP contribution in [0.15, 0.2) is 24.3 Å². The van der Waals surface area contributed by atoms with Crippen LogP contribution in [-0.2, 0) is 10.5 Å². The van der Waals surface area contributed by atoms with E-state index >= 15 is 0 Å². The Morgan fingerprint density at radius 2 is 2.19 bits per heavy atom. The van der Waals surface area contributed by atoms with E-state index in [1.807, 2.05) is 23.1 Å². The SMILES string of the molecule is CSCc1cccc(C(=O)N2CCC(OCCO)CC2)c1. The number of carbonyl (C=O) groups excluding carboxylic acids is 1. The molecule has 1 saturated heterocycles. The molecule has 0 unspecified atom stereocenters. The zero-order chi connectivity index (χ0) is 15.1. The summed E-state index contributed by atoms with van der Waals surface area (Å²) in [6, 6.07) is 7.89. The lowest BCUT2D eigenvalue weighted by Crippen LogP contribution is -2.41. The molecule has 0 atom stereocenters. The number of likely N-dealkylation sites (tertiary alicyclic amines) is 1. The fourth-order valence-corrected chi connectivity index (χ4v) is 3.10. The highest BCUT2D eigenvalue weighted by Gasteiger charge is 2.23. The summed E-state index contributed by atoms with van der Waals surface area (Å²) in [4.78, 5) is 14.4. The average Bonchev–Trinajstić information content (AvgIpc) is 2.53. The molecule has 1 N–H and O–H groups in total. The minimum atomic E-state index is 0.0569. The molecule has 0 aromatic heterocycles. The smallest absolute Gasteiger partial charge is 0.253 e. The minimum Gasteiger partial charge on any atom is -0.394 e. The molecule has 4 nitrogen and oxygen atoms in total. The van der Waals surface area contributed by atoms with Gasteiger partial charge in [-0.05, 0) is 36.8 Å². The van der Waals surface area contributed by atoms with Crippen LogP contribution in [-0.4, -0.2) is 54.6 Å². The van der Waals surface area contributed by atoms with E-state index in [2.05, 4.69) is 12.3 Å². The van der Waals surface area contributed by atoms with Crippen molar-refractivity contribution in [2.75, 3.05) is 32.6 Å². The number of amides is 1. The molecule has 1 aliphatic rings. The number of nitrogens with zero attached hydrogens (tertiary/aromatic N) is 1. The van der Waals surface area contributed by atoms with Gasteiger partial charge in [0.1, 0.15) is 0 Å². The van der Waals surface area contributed by atoms with Crippen molar-refractivity contribution in [3.05, 3.63) is 35.4 Å². The van der Waals surface area contributed by atoms with Crippen molar-refractivity contribution >= 4 is 17.7 Å². The number of thioether (sulfide) groups is 1. The summed E-state index contributed by atoms with van der Waals surface area (Å²) in [5.74, 6) is 1.04. The molecule has 0 spiro atoms. The number of benzene rings is 1. The molecule has 116 valence electrons. The number of carbonyl (C=O) groups is 1. The number of hydrogen-bond donors (Lipinski definition) is 1. The first kappa shape index (κ1) is 16.3. The fourth-order valence-electron chi connectivity index (χ4n) is 2.59. The van der Waals surface area contributed by atoms with Gasteiger partial charge in [-0.1, -0.05) is 12.1 Å². The Bertz CT molecular complexity index is 459. The maximum absolute atomic E-state index is 12.5. The van der Waals surface area contributed by atoms with E-state index in [-0.39, 0.29) is 18.6 Å². The van der Waals surface area contributed by atoms with Crippen LogP contribution in [0.2, 0.25) is 0 Å². The second-order valence-electron chi connectivity index (χ2n) is 5.22. The van der Waals surface area contributed by atoms with E-state index < -0.39 is 0 Å². The van der Waals surface area contributed by atoms with Crippen molar-refractivity contribution in [2.24, 2.45) is 0 Å². The summed E-state index contributed by atoms with van der Waals surface area (Å²) in [6.07, 6.45) is 3.92. The molecular formula is C16H23NO3S. The van der Waals surface area contributed by atoms with Crippen LogP contribution in [0, 0.1) is 0 Å².